The zero-order valence-corrected chi connectivity index (χ0v) is 13.6. The third kappa shape index (κ3) is 2.60. The summed E-state index contributed by atoms with van der Waals surface area (Å²) in [5, 5.41) is 7.81. The highest BCUT2D eigenvalue weighted by molar-refractivity contribution is 7.18. The van der Waals surface area contributed by atoms with Gasteiger partial charge in [-0.2, -0.15) is 5.10 Å². The first-order chi connectivity index (χ1) is 11.2. The molecule has 3 aromatic heterocycles. The predicted molar refractivity (Wildman–Crippen MR) is 89.5 cm³/mol. The quantitative estimate of drug-likeness (QED) is 0.773. The molecular formula is C15H13ClN5OS. The molecule has 1 fully saturated rings. The van der Waals surface area contributed by atoms with Crippen LogP contribution in [0.15, 0.2) is 30.6 Å². The van der Waals surface area contributed by atoms with Crippen LogP contribution in [0.4, 0.5) is 0 Å². The Kier molecular flexibility index (Phi) is 3.76. The summed E-state index contributed by atoms with van der Waals surface area (Å²) in [5.41, 5.74) is 2.35. The number of rotatable bonds is 2. The Balaban J connectivity index is 1.71. The maximum atomic E-state index is 12.5. The van der Waals surface area contributed by atoms with E-state index in [1.807, 2.05) is 30.9 Å². The number of hydrogen-bond acceptors (Lipinski definition) is 5. The van der Waals surface area contributed by atoms with Gasteiger partial charge in [0.1, 0.15) is 10.0 Å². The molecule has 4 rings (SSSR count). The van der Waals surface area contributed by atoms with E-state index in [9.17, 15) is 4.79 Å². The normalized spacial score (nSPS) is 15.3. The summed E-state index contributed by atoms with van der Waals surface area (Å²) < 4.78 is 2.27. The van der Waals surface area contributed by atoms with Crippen molar-refractivity contribution in [1.29, 1.82) is 0 Å². The lowest BCUT2D eigenvalue weighted by Gasteiger charge is -2.26. The standard InChI is InChI=1S/C15H13ClN5OS/c16-13-12(10-9-18-21-6-2-1-3-11(10)21)19-14(23-13)15(22)20-7-4-17-5-8-20/h1-4,6,9,17H,5,7-8H2. The van der Waals surface area contributed by atoms with Crippen molar-refractivity contribution in [1.82, 2.24) is 24.8 Å². The number of nitrogens with zero attached hydrogens (tertiary/aromatic N) is 4. The molecule has 0 aliphatic carbocycles. The number of carbonyl (C=O) groups excluding carboxylic acids is 1. The van der Waals surface area contributed by atoms with Crippen molar-refractivity contribution in [3.05, 3.63) is 46.5 Å². The summed E-state index contributed by atoms with van der Waals surface area (Å²) >= 11 is 7.56. The molecule has 0 aromatic carbocycles. The predicted octanol–water partition coefficient (Wildman–Crippen LogP) is 2.32. The monoisotopic (exact) mass is 346 g/mol. The number of aromatic nitrogens is 3. The summed E-state index contributed by atoms with van der Waals surface area (Å²) in [4.78, 5) is 18.8. The molecule has 0 bridgehead atoms. The highest BCUT2D eigenvalue weighted by Crippen LogP contribution is 2.35. The van der Waals surface area contributed by atoms with Crippen LogP contribution < -0.4 is 5.32 Å². The van der Waals surface area contributed by atoms with Crippen LogP contribution in [0.1, 0.15) is 9.80 Å². The molecule has 1 amide bonds. The van der Waals surface area contributed by atoms with Gasteiger partial charge in [-0.05, 0) is 12.1 Å². The Hall–Kier alpha value is -1.96. The molecule has 0 saturated carbocycles. The number of pyridine rings is 1. The summed E-state index contributed by atoms with van der Waals surface area (Å²) in [6.45, 7) is 3.87. The Morgan fingerprint density at radius 2 is 2.30 bits per heavy atom. The average Bonchev–Trinajstić information content (AvgIpc) is 3.18. The minimum absolute atomic E-state index is 0.0858. The van der Waals surface area contributed by atoms with Crippen molar-refractivity contribution in [2.75, 3.05) is 19.6 Å². The minimum Gasteiger partial charge on any atom is -0.334 e. The van der Waals surface area contributed by atoms with Gasteiger partial charge in [0.05, 0.1) is 11.7 Å². The molecule has 3 aromatic rings. The number of fused-ring (bicyclic) bond motifs is 1. The first kappa shape index (κ1) is 14.6. The van der Waals surface area contributed by atoms with E-state index in [4.69, 9.17) is 11.6 Å². The molecule has 117 valence electrons. The van der Waals surface area contributed by atoms with Crippen molar-refractivity contribution in [3.63, 3.8) is 0 Å². The molecule has 1 saturated heterocycles. The molecule has 1 radical (unpaired) electrons. The molecule has 0 unspecified atom stereocenters. The zero-order valence-electron chi connectivity index (χ0n) is 12.1. The Bertz CT molecular complexity index is 868. The molecule has 1 N–H and O–H groups in total. The Morgan fingerprint density at radius 1 is 1.39 bits per heavy atom. The molecule has 1 aliphatic rings. The van der Waals surface area contributed by atoms with Crippen LogP contribution in [0.25, 0.3) is 16.8 Å². The summed E-state index contributed by atoms with van der Waals surface area (Å²) in [5.74, 6) is -0.0858. The van der Waals surface area contributed by atoms with Gasteiger partial charge in [0, 0.05) is 37.9 Å². The number of carbonyl (C=O) groups is 1. The highest BCUT2D eigenvalue weighted by Gasteiger charge is 2.24. The largest absolute Gasteiger partial charge is 0.334 e. The van der Waals surface area contributed by atoms with E-state index in [0.29, 0.717) is 28.1 Å². The van der Waals surface area contributed by atoms with Gasteiger partial charge in [-0.25, -0.2) is 9.50 Å². The minimum atomic E-state index is -0.0858. The first-order valence-electron chi connectivity index (χ1n) is 7.17. The molecule has 1 aliphatic heterocycles. The van der Waals surface area contributed by atoms with Gasteiger partial charge in [-0.1, -0.05) is 29.0 Å². The van der Waals surface area contributed by atoms with Gasteiger partial charge >= 0.3 is 0 Å². The number of halogens is 1. The zero-order chi connectivity index (χ0) is 15.8. The molecule has 0 atom stereocenters. The number of thiazole rings is 1. The van der Waals surface area contributed by atoms with Crippen LogP contribution in [0.2, 0.25) is 4.34 Å². The van der Waals surface area contributed by atoms with Gasteiger partial charge in [0.2, 0.25) is 0 Å². The molecule has 6 nitrogen and oxygen atoms in total. The lowest BCUT2D eigenvalue weighted by molar-refractivity contribution is 0.0751. The third-order valence-corrected chi connectivity index (χ3v) is 4.96. The van der Waals surface area contributed by atoms with Crippen LogP contribution in [0.3, 0.4) is 0 Å². The van der Waals surface area contributed by atoms with Gasteiger partial charge < -0.3 is 10.2 Å². The number of nitrogens with one attached hydrogen (secondary N) is 1. The second kappa shape index (κ2) is 5.92. The van der Waals surface area contributed by atoms with E-state index < -0.39 is 0 Å². The van der Waals surface area contributed by atoms with Gasteiger partial charge in [0.25, 0.3) is 5.91 Å². The third-order valence-electron chi connectivity index (χ3n) is 3.72. The van der Waals surface area contributed by atoms with Crippen LogP contribution in [0, 0.1) is 6.54 Å². The van der Waals surface area contributed by atoms with Crippen molar-refractivity contribution in [2.45, 2.75) is 0 Å². The lowest BCUT2D eigenvalue weighted by Crippen LogP contribution is -2.43. The summed E-state index contributed by atoms with van der Waals surface area (Å²) in [6.07, 6.45) is 3.59. The SMILES string of the molecule is O=C(c1nc(-c2cnn3ccccc23)c(Cl)s1)N1C[CH]NCC1. The van der Waals surface area contributed by atoms with Crippen molar-refractivity contribution < 1.29 is 4.79 Å². The maximum Gasteiger partial charge on any atom is 0.283 e. The lowest BCUT2D eigenvalue weighted by atomic mass is 10.2. The highest BCUT2D eigenvalue weighted by atomic mass is 35.5. The molecular weight excluding hydrogens is 334 g/mol. The van der Waals surface area contributed by atoms with E-state index in [1.165, 1.54) is 11.3 Å². The van der Waals surface area contributed by atoms with Crippen LogP contribution >= 0.6 is 22.9 Å². The van der Waals surface area contributed by atoms with E-state index in [2.05, 4.69) is 15.4 Å². The van der Waals surface area contributed by atoms with Crippen molar-refractivity contribution in [2.24, 2.45) is 0 Å². The van der Waals surface area contributed by atoms with E-state index in [-0.39, 0.29) is 5.91 Å². The fourth-order valence-corrected chi connectivity index (χ4v) is 3.70. The maximum absolute atomic E-state index is 12.5. The Morgan fingerprint density at radius 3 is 3.13 bits per heavy atom. The number of hydrogen-bond donors (Lipinski definition) is 1. The summed E-state index contributed by atoms with van der Waals surface area (Å²) in [6, 6.07) is 5.79. The van der Waals surface area contributed by atoms with Crippen LogP contribution in [-0.2, 0) is 0 Å². The number of piperazine rings is 1. The second-order valence-corrected chi connectivity index (χ2v) is 6.74. The van der Waals surface area contributed by atoms with E-state index >= 15 is 0 Å². The average molecular weight is 347 g/mol. The second-order valence-electron chi connectivity index (χ2n) is 5.14. The van der Waals surface area contributed by atoms with E-state index in [0.717, 1.165) is 17.6 Å². The molecule has 8 heteroatoms. The van der Waals surface area contributed by atoms with Gasteiger partial charge in [0.15, 0.2) is 5.01 Å². The number of amides is 1. The molecule has 0 spiro atoms. The Labute approximate surface area is 141 Å². The fraction of sp³-hybridized carbons (Fsp3) is 0.200. The van der Waals surface area contributed by atoms with Gasteiger partial charge in [-0.3, -0.25) is 4.79 Å². The summed E-state index contributed by atoms with van der Waals surface area (Å²) in [7, 11) is 0. The smallest absolute Gasteiger partial charge is 0.283 e. The van der Waals surface area contributed by atoms with E-state index in [1.54, 1.807) is 15.6 Å². The van der Waals surface area contributed by atoms with Crippen LogP contribution in [-0.4, -0.2) is 45.0 Å². The topological polar surface area (TPSA) is 62.5 Å². The first-order valence-corrected chi connectivity index (χ1v) is 8.37. The molecule has 4 heterocycles. The molecule has 23 heavy (non-hydrogen) atoms. The van der Waals surface area contributed by atoms with Crippen LogP contribution in [0.5, 0.6) is 0 Å². The van der Waals surface area contributed by atoms with Crippen molar-refractivity contribution >= 4 is 34.4 Å². The van der Waals surface area contributed by atoms with Gasteiger partial charge in [-0.15, -0.1) is 0 Å². The van der Waals surface area contributed by atoms with Crippen molar-refractivity contribution in [3.8, 4) is 11.3 Å². The fourth-order valence-electron chi connectivity index (χ4n) is 2.56.